The van der Waals surface area contributed by atoms with Gasteiger partial charge in [0.15, 0.2) is 0 Å². The quantitative estimate of drug-likeness (QED) is 0.650. The highest BCUT2D eigenvalue weighted by Gasteiger charge is 1.96. The van der Waals surface area contributed by atoms with Crippen LogP contribution in [-0.2, 0) is 0 Å². The van der Waals surface area contributed by atoms with Crippen LogP contribution in [0.5, 0.6) is 0 Å². The Morgan fingerprint density at radius 2 is 1.73 bits per heavy atom. The maximum Gasteiger partial charge on any atom is -0.00233 e. The summed E-state index contributed by atoms with van der Waals surface area (Å²) < 4.78 is 0. The van der Waals surface area contributed by atoms with Crippen molar-refractivity contribution in [1.82, 2.24) is 5.32 Å². The highest BCUT2D eigenvalue weighted by atomic mass is 14.8. The predicted octanol–water partition coefficient (Wildman–Crippen LogP) is 3.06. The zero-order chi connectivity index (χ0) is 9.11. The minimum Gasteiger partial charge on any atom is -0.317 e. The third-order valence-electron chi connectivity index (χ3n) is 1.52. The first kappa shape index (κ1) is 13.5. The lowest BCUT2D eigenvalue weighted by molar-refractivity contribution is 0.484. The predicted molar refractivity (Wildman–Crippen MR) is 54.0 cm³/mol. The van der Waals surface area contributed by atoms with Crippen molar-refractivity contribution in [3.63, 3.8) is 0 Å². The first-order valence-corrected chi connectivity index (χ1v) is 5.02. The molecule has 1 nitrogen and oxygen atoms in total. The summed E-state index contributed by atoms with van der Waals surface area (Å²) in [4.78, 5) is 0. The van der Waals surface area contributed by atoms with Crippen molar-refractivity contribution >= 4 is 0 Å². The summed E-state index contributed by atoms with van der Waals surface area (Å²) in [5.74, 6) is 0.856. The van der Waals surface area contributed by atoms with E-state index >= 15 is 0 Å². The Hall–Kier alpha value is -0.0400. The Kier molecular flexibility index (Phi) is 15.5. The lowest BCUT2D eigenvalue weighted by Gasteiger charge is -2.08. The first-order valence-electron chi connectivity index (χ1n) is 5.02. The molecule has 0 spiro atoms. The molecule has 0 aromatic carbocycles. The van der Waals surface area contributed by atoms with E-state index in [2.05, 4.69) is 26.1 Å². The van der Waals surface area contributed by atoms with Crippen LogP contribution in [0.3, 0.4) is 0 Å². The van der Waals surface area contributed by atoms with Gasteiger partial charge in [-0.05, 0) is 25.4 Å². The number of hydrogen-bond donors (Lipinski definition) is 1. The molecule has 11 heavy (non-hydrogen) atoms. The van der Waals surface area contributed by atoms with E-state index in [1.807, 2.05) is 13.8 Å². The van der Waals surface area contributed by atoms with E-state index in [1.165, 1.54) is 19.4 Å². The van der Waals surface area contributed by atoms with E-state index in [1.54, 1.807) is 0 Å². The van der Waals surface area contributed by atoms with Crippen molar-refractivity contribution < 1.29 is 0 Å². The second-order valence-electron chi connectivity index (χ2n) is 2.70. The zero-order valence-corrected chi connectivity index (χ0v) is 8.91. The Labute approximate surface area is 72.6 Å². The molecule has 0 aliphatic carbocycles. The van der Waals surface area contributed by atoms with Gasteiger partial charge in [-0.1, -0.05) is 41.0 Å². The molecule has 0 rings (SSSR count). The molecule has 1 unspecified atom stereocenters. The summed E-state index contributed by atoms with van der Waals surface area (Å²) in [5.41, 5.74) is 0. The third-order valence-corrected chi connectivity index (χ3v) is 1.52. The van der Waals surface area contributed by atoms with Gasteiger partial charge in [0.1, 0.15) is 0 Å². The van der Waals surface area contributed by atoms with Crippen molar-refractivity contribution in [2.45, 2.75) is 47.5 Å². The van der Waals surface area contributed by atoms with Crippen LogP contribution < -0.4 is 5.32 Å². The number of hydrogen-bond acceptors (Lipinski definition) is 1. The van der Waals surface area contributed by atoms with E-state index in [4.69, 9.17) is 0 Å². The average Bonchev–Trinajstić information content (AvgIpc) is 2.05. The SMILES string of the molecule is CC.CCCC(C)CNCC. The van der Waals surface area contributed by atoms with E-state index < -0.39 is 0 Å². The fourth-order valence-corrected chi connectivity index (χ4v) is 0.986. The Balaban J connectivity index is 0. The minimum absolute atomic E-state index is 0.856. The fourth-order valence-electron chi connectivity index (χ4n) is 0.986. The van der Waals surface area contributed by atoms with Gasteiger partial charge in [0, 0.05) is 0 Å². The topological polar surface area (TPSA) is 12.0 Å². The van der Waals surface area contributed by atoms with Gasteiger partial charge in [-0.3, -0.25) is 0 Å². The van der Waals surface area contributed by atoms with Gasteiger partial charge in [0.2, 0.25) is 0 Å². The fraction of sp³-hybridized carbons (Fsp3) is 1.00. The van der Waals surface area contributed by atoms with Crippen LogP contribution in [0.2, 0.25) is 0 Å². The van der Waals surface area contributed by atoms with E-state index in [0.29, 0.717) is 0 Å². The van der Waals surface area contributed by atoms with Crippen molar-refractivity contribution in [3.8, 4) is 0 Å². The summed E-state index contributed by atoms with van der Waals surface area (Å²) in [6.45, 7) is 13.0. The molecule has 0 radical (unpaired) electrons. The molecule has 0 saturated carbocycles. The number of nitrogens with one attached hydrogen (secondary N) is 1. The largest absolute Gasteiger partial charge is 0.317 e. The molecule has 0 fully saturated rings. The molecule has 0 aliphatic rings. The molecule has 0 aromatic rings. The van der Waals surface area contributed by atoms with Gasteiger partial charge in [0.05, 0.1) is 0 Å². The third kappa shape index (κ3) is 13.0. The van der Waals surface area contributed by atoms with Crippen LogP contribution in [0.1, 0.15) is 47.5 Å². The second kappa shape index (κ2) is 12.6. The molecule has 0 aromatic heterocycles. The molecule has 70 valence electrons. The molecule has 1 N–H and O–H groups in total. The molecule has 0 amide bonds. The molecular formula is C10H25N. The monoisotopic (exact) mass is 159 g/mol. The summed E-state index contributed by atoms with van der Waals surface area (Å²) in [5, 5.41) is 3.33. The molecule has 0 bridgehead atoms. The van der Waals surface area contributed by atoms with Crippen molar-refractivity contribution in [3.05, 3.63) is 0 Å². The molecule has 0 aliphatic heterocycles. The highest BCUT2D eigenvalue weighted by Crippen LogP contribution is 2.01. The van der Waals surface area contributed by atoms with Crippen LogP contribution in [-0.4, -0.2) is 13.1 Å². The van der Waals surface area contributed by atoms with Gasteiger partial charge in [-0.25, -0.2) is 0 Å². The highest BCUT2D eigenvalue weighted by molar-refractivity contribution is 4.53. The van der Waals surface area contributed by atoms with Crippen molar-refractivity contribution in [2.24, 2.45) is 5.92 Å². The van der Waals surface area contributed by atoms with E-state index in [-0.39, 0.29) is 0 Å². The Bertz CT molecular complexity index is 52.8. The van der Waals surface area contributed by atoms with E-state index in [9.17, 15) is 0 Å². The van der Waals surface area contributed by atoms with Gasteiger partial charge < -0.3 is 5.32 Å². The molecule has 0 saturated heterocycles. The van der Waals surface area contributed by atoms with Gasteiger partial charge in [-0.2, -0.15) is 0 Å². The van der Waals surface area contributed by atoms with Crippen molar-refractivity contribution in [2.75, 3.05) is 13.1 Å². The van der Waals surface area contributed by atoms with Crippen molar-refractivity contribution in [1.29, 1.82) is 0 Å². The summed E-state index contributed by atoms with van der Waals surface area (Å²) in [7, 11) is 0. The standard InChI is InChI=1S/C8H19N.C2H6/c1-4-6-8(3)7-9-5-2;1-2/h8-9H,4-7H2,1-3H3;1-2H3. The first-order chi connectivity index (χ1) is 5.31. The lowest BCUT2D eigenvalue weighted by Crippen LogP contribution is -2.20. The summed E-state index contributed by atoms with van der Waals surface area (Å²) in [6, 6.07) is 0. The minimum atomic E-state index is 0.856. The average molecular weight is 159 g/mol. The number of rotatable bonds is 5. The van der Waals surface area contributed by atoms with Crippen LogP contribution in [0.4, 0.5) is 0 Å². The van der Waals surface area contributed by atoms with Crippen LogP contribution in [0.25, 0.3) is 0 Å². The molecule has 1 heteroatoms. The second-order valence-corrected chi connectivity index (χ2v) is 2.70. The molecular weight excluding hydrogens is 134 g/mol. The zero-order valence-electron chi connectivity index (χ0n) is 8.91. The lowest BCUT2D eigenvalue weighted by atomic mass is 10.1. The molecule has 0 heterocycles. The van der Waals surface area contributed by atoms with Gasteiger partial charge in [0.25, 0.3) is 0 Å². The normalized spacial score (nSPS) is 11.7. The Morgan fingerprint density at radius 1 is 1.18 bits per heavy atom. The van der Waals surface area contributed by atoms with Crippen LogP contribution in [0, 0.1) is 5.92 Å². The summed E-state index contributed by atoms with van der Waals surface area (Å²) >= 11 is 0. The van der Waals surface area contributed by atoms with E-state index in [0.717, 1.165) is 12.5 Å². The van der Waals surface area contributed by atoms with Crippen LogP contribution in [0.15, 0.2) is 0 Å². The summed E-state index contributed by atoms with van der Waals surface area (Å²) in [6.07, 6.45) is 2.67. The van der Waals surface area contributed by atoms with Crippen LogP contribution >= 0.6 is 0 Å². The molecule has 1 atom stereocenters. The van der Waals surface area contributed by atoms with Gasteiger partial charge in [-0.15, -0.1) is 0 Å². The maximum atomic E-state index is 3.33. The Morgan fingerprint density at radius 3 is 2.09 bits per heavy atom. The smallest absolute Gasteiger partial charge is 0.00233 e. The van der Waals surface area contributed by atoms with Gasteiger partial charge >= 0.3 is 0 Å². The maximum absolute atomic E-state index is 3.33.